The molecular formula is C25H32N4O6. The Labute approximate surface area is 204 Å². The first-order valence-corrected chi connectivity index (χ1v) is 12.0. The van der Waals surface area contributed by atoms with Crippen LogP contribution >= 0.6 is 0 Å². The fraction of sp³-hybridized carbons (Fsp3) is 0.520. The molecule has 1 saturated heterocycles. The average molecular weight is 485 g/mol. The van der Waals surface area contributed by atoms with E-state index < -0.39 is 17.9 Å². The van der Waals surface area contributed by atoms with Crippen molar-refractivity contribution in [1.29, 1.82) is 0 Å². The molecule has 1 aromatic carbocycles. The number of carbonyl (C=O) groups is 1. The predicted octanol–water partition coefficient (Wildman–Crippen LogP) is 5.01. The number of amides is 1. The van der Waals surface area contributed by atoms with E-state index in [4.69, 9.17) is 18.6 Å². The van der Waals surface area contributed by atoms with Gasteiger partial charge in [0, 0.05) is 23.6 Å². The minimum Gasteiger partial charge on any atom is -0.496 e. The van der Waals surface area contributed by atoms with Crippen LogP contribution in [-0.2, 0) is 9.47 Å². The van der Waals surface area contributed by atoms with Gasteiger partial charge in [-0.15, -0.1) is 10.2 Å². The third-order valence-electron chi connectivity index (χ3n) is 6.32. The van der Waals surface area contributed by atoms with Crippen LogP contribution in [0.4, 0.5) is 4.79 Å². The summed E-state index contributed by atoms with van der Waals surface area (Å²) in [5, 5.41) is 21.1. The minimum absolute atomic E-state index is 0.221. The maximum atomic E-state index is 11.4. The van der Waals surface area contributed by atoms with Crippen LogP contribution in [-0.4, -0.2) is 52.5 Å². The van der Waals surface area contributed by atoms with E-state index in [0.717, 1.165) is 48.7 Å². The number of hydrogen-bond donors (Lipinski definition) is 2. The maximum Gasteiger partial charge on any atom is 0.405 e. The summed E-state index contributed by atoms with van der Waals surface area (Å²) >= 11 is 0. The van der Waals surface area contributed by atoms with Crippen LogP contribution in [0.15, 0.2) is 28.7 Å². The van der Waals surface area contributed by atoms with Gasteiger partial charge in [-0.25, -0.2) is 4.79 Å². The van der Waals surface area contributed by atoms with Gasteiger partial charge in [0.25, 0.3) is 5.89 Å². The smallest absolute Gasteiger partial charge is 0.405 e. The normalized spacial score (nSPS) is 15.9. The van der Waals surface area contributed by atoms with Gasteiger partial charge in [-0.2, -0.15) is 0 Å². The van der Waals surface area contributed by atoms with E-state index in [1.807, 2.05) is 31.2 Å². The zero-order chi connectivity index (χ0) is 24.8. The lowest BCUT2D eigenvalue weighted by molar-refractivity contribution is -0.164. The number of hydrogen-bond acceptors (Lipinski definition) is 8. The van der Waals surface area contributed by atoms with Crippen LogP contribution in [0.5, 0.6) is 5.75 Å². The van der Waals surface area contributed by atoms with E-state index in [1.54, 1.807) is 7.11 Å². The second-order valence-electron chi connectivity index (χ2n) is 8.71. The topological polar surface area (TPSA) is 129 Å². The lowest BCUT2D eigenvalue weighted by Crippen LogP contribution is -2.29. The number of nitrogens with one attached hydrogen (secondary N) is 1. The van der Waals surface area contributed by atoms with Gasteiger partial charge < -0.3 is 29.1 Å². The van der Waals surface area contributed by atoms with E-state index in [2.05, 4.69) is 27.4 Å². The van der Waals surface area contributed by atoms with Crippen LogP contribution in [0.3, 0.4) is 0 Å². The molecule has 1 fully saturated rings. The minimum atomic E-state index is -1.14. The van der Waals surface area contributed by atoms with Crippen molar-refractivity contribution in [1.82, 2.24) is 20.5 Å². The molecule has 35 heavy (non-hydrogen) atoms. The molecule has 0 saturated carbocycles. The Morgan fingerprint density at radius 1 is 1.20 bits per heavy atom. The number of aromatic nitrogens is 3. The molecule has 1 atom stereocenters. The van der Waals surface area contributed by atoms with E-state index in [1.165, 1.54) is 0 Å². The van der Waals surface area contributed by atoms with Crippen molar-refractivity contribution in [2.75, 3.05) is 20.3 Å². The van der Waals surface area contributed by atoms with Crippen LogP contribution in [0.1, 0.15) is 63.1 Å². The van der Waals surface area contributed by atoms with Crippen LogP contribution in [0.25, 0.3) is 22.4 Å². The number of aryl methyl sites for hydroxylation is 1. The first-order chi connectivity index (χ1) is 16.9. The first kappa shape index (κ1) is 24.9. The van der Waals surface area contributed by atoms with Gasteiger partial charge in [0.15, 0.2) is 5.79 Å². The van der Waals surface area contributed by atoms with Crippen LogP contribution < -0.4 is 10.1 Å². The second-order valence-corrected chi connectivity index (χ2v) is 8.71. The molecule has 4 rings (SSSR count). The lowest BCUT2D eigenvalue weighted by atomic mass is 10.0. The number of nitrogens with zero attached hydrogens (tertiary/aromatic N) is 3. The highest BCUT2D eigenvalue weighted by atomic mass is 16.7. The van der Waals surface area contributed by atoms with Gasteiger partial charge in [0.2, 0.25) is 5.89 Å². The SMILES string of the molecule is CCC1(CCCCCC(NC(=O)O)c2nnc(-c3cc4ccc(C)nc4cc3OC)o2)OCCO1. The first-order valence-electron chi connectivity index (χ1n) is 12.0. The summed E-state index contributed by atoms with van der Waals surface area (Å²) in [5.41, 5.74) is 2.33. The summed E-state index contributed by atoms with van der Waals surface area (Å²) in [6.45, 7) is 5.26. The monoisotopic (exact) mass is 484 g/mol. The number of rotatable bonds is 11. The van der Waals surface area contributed by atoms with Crippen LogP contribution in [0.2, 0.25) is 0 Å². The van der Waals surface area contributed by atoms with Gasteiger partial charge in [-0.1, -0.05) is 25.8 Å². The molecule has 0 bridgehead atoms. The number of pyridine rings is 1. The van der Waals surface area contributed by atoms with Gasteiger partial charge in [-0.3, -0.25) is 4.98 Å². The number of fused-ring (bicyclic) bond motifs is 1. The summed E-state index contributed by atoms with van der Waals surface area (Å²) in [6.07, 6.45) is 3.63. The molecule has 1 unspecified atom stereocenters. The quantitative estimate of drug-likeness (QED) is 0.361. The highest BCUT2D eigenvalue weighted by molar-refractivity contribution is 5.86. The number of methoxy groups -OCH3 is 1. The second kappa shape index (κ2) is 11.0. The highest BCUT2D eigenvalue weighted by Gasteiger charge is 2.33. The zero-order valence-electron chi connectivity index (χ0n) is 20.4. The largest absolute Gasteiger partial charge is 0.496 e. The lowest BCUT2D eigenvalue weighted by Gasteiger charge is -2.25. The molecule has 188 valence electrons. The molecule has 3 aromatic rings. The van der Waals surface area contributed by atoms with E-state index in [9.17, 15) is 9.90 Å². The Balaban J connectivity index is 1.45. The van der Waals surface area contributed by atoms with E-state index in [0.29, 0.717) is 30.9 Å². The average Bonchev–Trinajstić information content (AvgIpc) is 3.52. The number of benzene rings is 1. The van der Waals surface area contributed by atoms with Crippen LogP contribution in [0, 0.1) is 6.92 Å². The highest BCUT2D eigenvalue weighted by Crippen LogP contribution is 2.34. The fourth-order valence-electron chi connectivity index (χ4n) is 4.42. The molecule has 10 nitrogen and oxygen atoms in total. The van der Waals surface area contributed by atoms with Crippen molar-refractivity contribution in [2.24, 2.45) is 0 Å². The third-order valence-corrected chi connectivity index (χ3v) is 6.32. The zero-order valence-corrected chi connectivity index (χ0v) is 20.4. The van der Waals surface area contributed by atoms with Crippen molar-refractivity contribution in [3.63, 3.8) is 0 Å². The number of carboxylic acid groups (broad SMARTS) is 1. The van der Waals surface area contributed by atoms with Crippen molar-refractivity contribution in [2.45, 2.75) is 64.2 Å². The molecule has 1 amide bonds. The number of unbranched alkanes of at least 4 members (excludes halogenated alkanes) is 2. The van der Waals surface area contributed by atoms with Crippen molar-refractivity contribution < 1.29 is 28.5 Å². The Morgan fingerprint density at radius 2 is 2.00 bits per heavy atom. The molecule has 1 aliphatic heterocycles. The Bertz CT molecular complexity index is 1160. The fourth-order valence-corrected chi connectivity index (χ4v) is 4.42. The molecule has 2 N–H and O–H groups in total. The van der Waals surface area contributed by atoms with Gasteiger partial charge in [0.1, 0.15) is 11.8 Å². The predicted molar refractivity (Wildman–Crippen MR) is 128 cm³/mol. The molecular weight excluding hydrogens is 452 g/mol. The Morgan fingerprint density at radius 3 is 2.71 bits per heavy atom. The molecule has 0 spiro atoms. The maximum absolute atomic E-state index is 11.4. The summed E-state index contributed by atoms with van der Waals surface area (Å²) in [7, 11) is 1.57. The summed E-state index contributed by atoms with van der Waals surface area (Å²) in [6, 6.07) is 7.00. The molecule has 3 heterocycles. The van der Waals surface area contributed by atoms with E-state index in [-0.39, 0.29) is 11.8 Å². The van der Waals surface area contributed by atoms with Crippen molar-refractivity contribution in [3.8, 4) is 17.2 Å². The molecule has 0 aliphatic carbocycles. The van der Waals surface area contributed by atoms with Gasteiger partial charge in [-0.05, 0) is 38.3 Å². The summed E-state index contributed by atoms with van der Waals surface area (Å²) < 4.78 is 23.0. The van der Waals surface area contributed by atoms with Gasteiger partial charge in [0.05, 0.1) is 31.4 Å². The molecule has 10 heteroatoms. The van der Waals surface area contributed by atoms with E-state index >= 15 is 0 Å². The summed E-state index contributed by atoms with van der Waals surface area (Å²) in [4.78, 5) is 15.9. The van der Waals surface area contributed by atoms with Crippen molar-refractivity contribution in [3.05, 3.63) is 35.9 Å². The summed E-state index contributed by atoms with van der Waals surface area (Å²) in [5.74, 6) is 0.568. The third kappa shape index (κ3) is 5.88. The van der Waals surface area contributed by atoms with Crippen molar-refractivity contribution >= 4 is 17.0 Å². The molecule has 2 aromatic heterocycles. The number of ether oxygens (including phenoxy) is 3. The molecule has 0 radical (unpaired) electrons. The van der Waals surface area contributed by atoms with Gasteiger partial charge >= 0.3 is 6.09 Å². The Hall–Kier alpha value is -3.24. The standard InChI is InChI=1S/C25H32N4O6/c1-4-25(33-12-13-34-25)11-7-5-6-8-19(27-24(30)31)23-29-28-22(35-23)18-14-17-10-9-16(2)26-20(17)15-21(18)32-3/h9-10,14-15,19,27H,4-8,11-13H2,1-3H3,(H,30,31). The molecule has 1 aliphatic rings. The Kier molecular flexibility index (Phi) is 7.82.